The molecule has 0 aliphatic carbocycles. The maximum absolute atomic E-state index is 9.55. The number of hydrogen-bond acceptors (Lipinski definition) is 5. The molecule has 0 saturated carbocycles. The summed E-state index contributed by atoms with van der Waals surface area (Å²) in [6, 6.07) is 27.3. The normalized spacial score (nSPS) is 14.4. The molecule has 224 valence electrons. The van der Waals surface area contributed by atoms with E-state index in [-0.39, 0.29) is 84.2 Å². The van der Waals surface area contributed by atoms with Crippen LogP contribution in [0.4, 0.5) is 0 Å². The fourth-order valence-electron chi connectivity index (χ4n) is 6.18. The molecule has 0 aliphatic heterocycles. The molecule has 0 saturated heterocycles. The maximum Gasteiger partial charge on any atom is 0.164 e. The van der Waals surface area contributed by atoms with Crippen LogP contribution in [0.25, 0.3) is 98.2 Å². The fraction of sp³-hybridized carbons (Fsp3) is 0. The van der Waals surface area contributed by atoms with Gasteiger partial charge in [0.15, 0.2) is 17.5 Å². The van der Waals surface area contributed by atoms with Crippen LogP contribution in [0.2, 0.25) is 0 Å². The Morgan fingerprint density at radius 2 is 1.21 bits per heavy atom. The van der Waals surface area contributed by atoms with E-state index in [1.807, 2.05) is 97.1 Å². The van der Waals surface area contributed by atoms with Gasteiger partial charge in [-0.3, -0.25) is 0 Å². The Hall–Kier alpha value is -6.17. The number of fused-ring (bicyclic) bond motifs is 8. The van der Waals surface area contributed by atoms with E-state index in [9.17, 15) is 4.11 Å². The molecule has 10 aromatic rings. The lowest BCUT2D eigenvalue weighted by Gasteiger charge is -2.11. The highest BCUT2D eigenvalue weighted by Crippen LogP contribution is 2.42. The first-order chi connectivity index (χ1) is 27.5. The summed E-state index contributed by atoms with van der Waals surface area (Å²) < 4.78 is 86.5. The first-order valence-corrected chi connectivity index (χ1v) is 16.0. The number of hydrogen-bond donors (Lipinski definition) is 0. The van der Waals surface area contributed by atoms with Crippen LogP contribution in [-0.2, 0) is 0 Å². The first kappa shape index (κ1) is 19.5. The second-order valence-electron chi connectivity index (χ2n) is 11.3. The van der Waals surface area contributed by atoms with Crippen molar-refractivity contribution in [3.8, 4) is 45.3 Å². The van der Waals surface area contributed by atoms with Crippen molar-refractivity contribution >= 4 is 64.2 Å². The van der Waals surface area contributed by atoms with Crippen molar-refractivity contribution < 1.29 is 16.8 Å². The number of rotatable bonds is 4. The van der Waals surface area contributed by atoms with E-state index < -0.39 is 24.2 Å². The highest BCUT2D eigenvalue weighted by Gasteiger charge is 2.19. The lowest BCUT2D eigenvalue weighted by Crippen LogP contribution is -2.00. The predicted molar refractivity (Wildman–Crippen MR) is 199 cm³/mol. The number of furan rings is 1. The van der Waals surface area contributed by atoms with Gasteiger partial charge in [-0.25, -0.2) is 15.0 Å². The molecule has 5 heteroatoms. The Bertz CT molecular complexity index is 3350. The predicted octanol–water partition coefficient (Wildman–Crippen LogP) is 12.0. The van der Waals surface area contributed by atoms with E-state index in [1.54, 1.807) is 0 Å². The molecule has 0 amide bonds. The molecule has 0 radical (unpaired) electrons. The van der Waals surface area contributed by atoms with Gasteiger partial charge in [0.1, 0.15) is 11.2 Å². The van der Waals surface area contributed by atoms with Crippen molar-refractivity contribution in [2.45, 2.75) is 0 Å². The Morgan fingerprint density at radius 1 is 0.521 bits per heavy atom. The average molecular weight is 641 g/mol. The molecule has 0 fully saturated rings. The topological polar surface area (TPSA) is 51.8 Å². The van der Waals surface area contributed by atoms with Gasteiger partial charge in [0, 0.05) is 47.6 Å². The van der Waals surface area contributed by atoms with Crippen molar-refractivity contribution in [1.82, 2.24) is 15.0 Å². The number of thiophene rings is 1. The van der Waals surface area contributed by atoms with Crippen LogP contribution in [0.15, 0.2) is 156 Å². The molecule has 3 heterocycles. The quantitative estimate of drug-likeness (QED) is 0.192. The second-order valence-corrected chi connectivity index (χ2v) is 12.3. The van der Waals surface area contributed by atoms with E-state index in [0.29, 0.717) is 16.7 Å². The van der Waals surface area contributed by atoms with Gasteiger partial charge in [-0.2, -0.15) is 0 Å². The summed E-state index contributed by atoms with van der Waals surface area (Å²) in [6.07, 6.45) is 0. The van der Waals surface area contributed by atoms with Gasteiger partial charge < -0.3 is 4.42 Å². The van der Waals surface area contributed by atoms with Crippen LogP contribution in [0.1, 0.15) is 12.3 Å². The maximum atomic E-state index is 9.55. The zero-order chi connectivity index (χ0) is 39.4. The molecule has 0 atom stereocenters. The molecular weight excluding hydrogens is 607 g/mol. The van der Waals surface area contributed by atoms with E-state index >= 15 is 0 Å². The number of para-hydroxylation sites is 1. The largest absolute Gasteiger partial charge is 0.456 e. The molecule has 0 unspecified atom stereocenters. The van der Waals surface area contributed by atoms with Crippen LogP contribution in [0.3, 0.4) is 0 Å². The third-order valence-electron chi connectivity index (χ3n) is 8.40. The number of benzene rings is 7. The molecule has 4 nitrogen and oxygen atoms in total. The molecule has 0 aliphatic rings. The summed E-state index contributed by atoms with van der Waals surface area (Å²) in [5.41, 5.74) is 4.38. The molecule has 0 spiro atoms. The van der Waals surface area contributed by atoms with Crippen molar-refractivity contribution in [3.63, 3.8) is 0 Å². The SMILES string of the molecule is [2H]c1c([2H])c([2H])c2c(c1[2H])c([2H])c([2H])c1c2sc2c([2H])c(-c3nc(-c4ccccc4)nc(-c4cc(-c5ccccc5)c5c(c4)oc4ccccc45)n3)c([2H])c([2H])c21. The minimum Gasteiger partial charge on any atom is -0.456 e. The summed E-state index contributed by atoms with van der Waals surface area (Å²) in [6.45, 7) is 0. The minimum absolute atomic E-state index is 0.0215. The van der Waals surface area contributed by atoms with E-state index in [0.717, 1.165) is 38.8 Å². The lowest BCUT2D eigenvalue weighted by molar-refractivity contribution is 0.669. The average Bonchev–Trinajstić information content (AvgIpc) is 3.83. The molecule has 7 aromatic carbocycles. The van der Waals surface area contributed by atoms with Gasteiger partial charge in [0.05, 0.1) is 12.3 Å². The molecule has 10 rings (SSSR count). The first-order valence-electron chi connectivity index (χ1n) is 19.7. The Balaban J connectivity index is 1.28. The standard InChI is InChI=1S/C43H25N3OS/c1-3-11-26(12-4-1)35-23-30(24-37-39(35)34-17-9-10-18-36(34)47-37)43-45-41(28-14-5-2-6-15-28)44-42(46-43)29-20-21-32-33-22-19-27-13-7-8-16-31(27)40(33)48-38(32)25-29/h1-25H/i7D,8D,13D,16D,19D,20D,21D,22D,25D. The Morgan fingerprint density at radius 3 is 2.04 bits per heavy atom. The Kier molecular flexibility index (Phi) is 4.34. The van der Waals surface area contributed by atoms with Crippen molar-refractivity contribution in [1.29, 1.82) is 0 Å². The van der Waals surface area contributed by atoms with Crippen LogP contribution in [-0.4, -0.2) is 15.0 Å². The summed E-state index contributed by atoms with van der Waals surface area (Å²) in [5, 5.41) is 1.98. The number of nitrogens with zero attached hydrogens (tertiary/aromatic N) is 3. The third kappa shape index (κ3) is 4.33. The van der Waals surface area contributed by atoms with Gasteiger partial charge in [-0.15, -0.1) is 11.3 Å². The summed E-state index contributed by atoms with van der Waals surface area (Å²) in [5.74, 6) is 0.499. The van der Waals surface area contributed by atoms with Crippen LogP contribution < -0.4 is 0 Å². The molecule has 0 N–H and O–H groups in total. The highest BCUT2D eigenvalue weighted by atomic mass is 32.1. The van der Waals surface area contributed by atoms with Crippen LogP contribution >= 0.6 is 11.3 Å². The molecule has 48 heavy (non-hydrogen) atoms. The van der Waals surface area contributed by atoms with Crippen LogP contribution in [0.5, 0.6) is 0 Å². The van der Waals surface area contributed by atoms with E-state index in [4.69, 9.17) is 27.6 Å². The third-order valence-corrected chi connectivity index (χ3v) is 9.52. The van der Waals surface area contributed by atoms with Gasteiger partial charge >= 0.3 is 0 Å². The van der Waals surface area contributed by atoms with Crippen molar-refractivity contribution in [2.75, 3.05) is 0 Å². The fourth-order valence-corrected chi connectivity index (χ4v) is 7.30. The van der Waals surface area contributed by atoms with Crippen molar-refractivity contribution in [3.05, 3.63) is 151 Å². The van der Waals surface area contributed by atoms with Gasteiger partial charge in [0.25, 0.3) is 0 Å². The highest BCUT2D eigenvalue weighted by molar-refractivity contribution is 7.26. The van der Waals surface area contributed by atoms with Crippen molar-refractivity contribution in [2.24, 2.45) is 0 Å². The summed E-state index contributed by atoms with van der Waals surface area (Å²) in [4.78, 5) is 14.6. The molecular formula is C43H25N3OS. The van der Waals surface area contributed by atoms with Gasteiger partial charge in [-0.05, 0) is 46.1 Å². The number of aromatic nitrogens is 3. The lowest BCUT2D eigenvalue weighted by atomic mass is 9.97. The summed E-state index contributed by atoms with van der Waals surface area (Å²) in [7, 11) is 0. The second kappa shape index (κ2) is 10.7. The zero-order valence-electron chi connectivity index (χ0n) is 33.9. The van der Waals surface area contributed by atoms with E-state index in [2.05, 4.69) is 0 Å². The Labute approximate surface area is 292 Å². The smallest absolute Gasteiger partial charge is 0.164 e. The summed E-state index contributed by atoms with van der Waals surface area (Å²) >= 11 is 0.988. The zero-order valence-corrected chi connectivity index (χ0v) is 25.7. The molecule has 0 bridgehead atoms. The monoisotopic (exact) mass is 640 g/mol. The minimum atomic E-state index is -0.519. The van der Waals surface area contributed by atoms with Crippen LogP contribution in [0, 0.1) is 0 Å². The van der Waals surface area contributed by atoms with Gasteiger partial charge in [-0.1, -0.05) is 127 Å². The van der Waals surface area contributed by atoms with Gasteiger partial charge in [0.2, 0.25) is 0 Å². The van der Waals surface area contributed by atoms with E-state index in [1.165, 1.54) is 0 Å². The molecule has 3 aromatic heterocycles.